The molecule has 0 spiro atoms. The molecular formula is C25H27F3N6O5. The molecule has 1 atom stereocenters. The molecule has 3 aromatic rings. The van der Waals surface area contributed by atoms with Gasteiger partial charge in [0.15, 0.2) is 11.2 Å². The van der Waals surface area contributed by atoms with Crippen LogP contribution in [0.1, 0.15) is 25.3 Å². The summed E-state index contributed by atoms with van der Waals surface area (Å²) in [6.45, 7) is 1.86. The Hall–Kier alpha value is -4.25. The molecule has 3 heterocycles. The van der Waals surface area contributed by atoms with Crippen molar-refractivity contribution in [3.05, 3.63) is 50.7 Å². The smallest absolute Gasteiger partial charge is 0.459 e. The van der Waals surface area contributed by atoms with Gasteiger partial charge in [-0.2, -0.15) is 4.98 Å². The third-order valence-corrected chi connectivity index (χ3v) is 6.19. The molecule has 2 aromatic heterocycles. The highest BCUT2D eigenvalue weighted by Crippen LogP contribution is 2.24. The second kappa shape index (κ2) is 11.2. The Morgan fingerprint density at radius 1 is 1.26 bits per heavy atom. The van der Waals surface area contributed by atoms with E-state index < -0.39 is 42.5 Å². The number of fused-ring (bicyclic) bond motifs is 1. The van der Waals surface area contributed by atoms with Crippen molar-refractivity contribution in [1.82, 2.24) is 18.7 Å². The van der Waals surface area contributed by atoms with Gasteiger partial charge in [0.05, 0.1) is 6.54 Å². The van der Waals surface area contributed by atoms with Crippen LogP contribution in [0.25, 0.3) is 11.2 Å². The molecule has 1 aliphatic rings. The molecule has 1 aliphatic heterocycles. The lowest BCUT2D eigenvalue weighted by atomic mass is 10.1. The number of anilines is 1. The van der Waals surface area contributed by atoms with Crippen molar-refractivity contribution in [2.45, 2.75) is 51.9 Å². The number of piperidine rings is 1. The first-order valence-electron chi connectivity index (χ1n) is 12.1. The van der Waals surface area contributed by atoms with Gasteiger partial charge in [0, 0.05) is 26.2 Å². The fourth-order valence-corrected chi connectivity index (χ4v) is 4.41. The quantitative estimate of drug-likeness (QED) is 0.348. The van der Waals surface area contributed by atoms with E-state index in [1.807, 2.05) is 4.90 Å². The van der Waals surface area contributed by atoms with Crippen molar-refractivity contribution in [2.75, 3.05) is 18.0 Å². The summed E-state index contributed by atoms with van der Waals surface area (Å²) in [6, 6.07) is 4.86. The first-order valence-corrected chi connectivity index (χ1v) is 12.1. The topological polar surface area (TPSA) is 127 Å². The lowest BCUT2D eigenvalue weighted by Gasteiger charge is -2.31. The average molecular weight is 549 g/mol. The van der Waals surface area contributed by atoms with E-state index in [1.165, 1.54) is 23.7 Å². The molecule has 4 rings (SSSR count). The Morgan fingerprint density at radius 2 is 2.03 bits per heavy atom. The largest absolute Gasteiger partial charge is 0.573 e. The molecule has 0 saturated carbocycles. The van der Waals surface area contributed by atoms with Crippen LogP contribution in [0.3, 0.4) is 0 Å². The number of aromatic nitrogens is 4. The normalized spacial score (nSPS) is 15.6. The Balaban J connectivity index is 1.63. The molecule has 1 unspecified atom stereocenters. The standard InChI is InChI=1S/C25H27F3N6O5/c1-3-4-11-33-20-21(30-23(33)32-10-6-8-17(29)13-32)31(2)24(37)34(22(20)36)14-19(35)38-15-16-7-5-9-18(12-16)39-25(26,27)28/h5,7,9,12,17H,6,8,10-11,13-15,29H2,1-2H3. The molecule has 39 heavy (non-hydrogen) atoms. The van der Waals surface area contributed by atoms with Gasteiger partial charge in [-0.3, -0.25) is 18.7 Å². The van der Waals surface area contributed by atoms with E-state index in [0.29, 0.717) is 19.0 Å². The molecule has 1 fully saturated rings. The number of hydrogen-bond acceptors (Lipinski definition) is 8. The molecule has 1 aromatic carbocycles. The summed E-state index contributed by atoms with van der Waals surface area (Å²) in [7, 11) is 1.44. The Bertz CT molecular complexity index is 1560. The molecule has 0 bridgehead atoms. The average Bonchev–Trinajstić information content (AvgIpc) is 3.26. The highest BCUT2D eigenvalue weighted by Gasteiger charge is 2.31. The van der Waals surface area contributed by atoms with Crippen LogP contribution in [0.4, 0.5) is 19.1 Å². The van der Waals surface area contributed by atoms with Crippen LogP contribution in [0, 0.1) is 11.8 Å². The zero-order chi connectivity index (χ0) is 28.3. The molecule has 11 nitrogen and oxygen atoms in total. The van der Waals surface area contributed by atoms with E-state index in [4.69, 9.17) is 10.5 Å². The minimum Gasteiger partial charge on any atom is -0.459 e. The molecular weight excluding hydrogens is 521 g/mol. The van der Waals surface area contributed by atoms with E-state index in [0.717, 1.165) is 29.5 Å². The maximum atomic E-state index is 13.5. The number of carbonyl (C=O) groups is 1. The number of rotatable bonds is 7. The summed E-state index contributed by atoms with van der Waals surface area (Å²) in [6.07, 6.45) is -3.17. The van der Waals surface area contributed by atoms with Crippen LogP contribution < -0.4 is 26.6 Å². The fraction of sp³-hybridized carbons (Fsp3) is 0.440. The predicted octanol–water partition coefficient (Wildman–Crippen LogP) is 1.49. The summed E-state index contributed by atoms with van der Waals surface area (Å²) in [4.78, 5) is 45.7. The van der Waals surface area contributed by atoms with Gasteiger partial charge in [-0.1, -0.05) is 18.1 Å². The van der Waals surface area contributed by atoms with Gasteiger partial charge in [0.25, 0.3) is 5.56 Å². The minimum atomic E-state index is -4.87. The van der Waals surface area contributed by atoms with Crippen molar-refractivity contribution in [1.29, 1.82) is 0 Å². The SMILES string of the molecule is CC#CCn1c(N2CCCC(N)C2)nc2c1c(=O)n(CC(=O)OCc1cccc(OC(F)(F)F)c1)c(=O)n2C. The summed E-state index contributed by atoms with van der Waals surface area (Å²) in [5.41, 5.74) is 5.07. The number of halogens is 3. The van der Waals surface area contributed by atoms with Gasteiger partial charge in [0.1, 0.15) is 18.9 Å². The number of esters is 1. The number of carbonyl (C=O) groups excluding carboxylic acids is 1. The van der Waals surface area contributed by atoms with Crippen LogP contribution in [0.15, 0.2) is 33.9 Å². The number of ether oxygens (including phenoxy) is 2. The molecule has 0 aliphatic carbocycles. The molecule has 2 N–H and O–H groups in total. The van der Waals surface area contributed by atoms with Crippen LogP contribution in [0.2, 0.25) is 0 Å². The number of nitrogens with zero attached hydrogens (tertiary/aromatic N) is 5. The lowest BCUT2D eigenvalue weighted by Crippen LogP contribution is -2.44. The zero-order valence-electron chi connectivity index (χ0n) is 21.3. The van der Waals surface area contributed by atoms with E-state index in [9.17, 15) is 27.6 Å². The molecule has 208 valence electrons. The predicted molar refractivity (Wildman–Crippen MR) is 135 cm³/mol. The van der Waals surface area contributed by atoms with Crippen molar-refractivity contribution in [3.8, 4) is 17.6 Å². The third-order valence-electron chi connectivity index (χ3n) is 6.19. The molecule has 0 radical (unpaired) electrons. The monoisotopic (exact) mass is 548 g/mol. The van der Waals surface area contributed by atoms with Gasteiger partial charge >= 0.3 is 18.0 Å². The Labute approximate surface area is 220 Å². The fourth-order valence-electron chi connectivity index (χ4n) is 4.41. The van der Waals surface area contributed by atoms with E-state index in [-0.39, 0.29) is 29.3 Å². The van der Waals surface area contributed by atoms with Gasteiger partial charge in [-0.25, -0.2) is 9.36 Å². The zero-order valence-corrected chi connectivity index (χ0v) is 21.3. The van der Waals surface area contributed by atoms with E-state index in [1.54, 1.807) is 11.5 Å². The Morgan fingerprint density at radius 3 is 2.72 bits per heavy atom. The van der Waals surface area contributed by atoms with Gasteiger partial charge in [-0.05, 0) is 37.5 Å². The summed E-state index contributed by atoms with van der Waals surface area (Å²) in [5.74, 6) is 4.76. The van der Waals surface area contributed by atoms with Crippen LogP contribution in [0.5, 0.6) is 5.75 Å². The van der Waals surface area contributed by atoms with Crippen molar-refractivity contribution >= 4 is 23.1 Å². The lowest BCUT2D eigenvalue weighted by molar-refractivity contribution is -0.274. The van der Waals surface area contributed by atoms with Gasteiger partial charge < -0.3 is 20.1 Å². The second-order valence-corrected chi connectivity index (χ2v) is 9.03. The van der Waals surface area contributed by atoms with Crippen molar-refractivity contribution in [3.63, 3.8) is 0 Å². The number of alkyl halides is 3. The second-order valence-electron chi connectivity index (χ2n) is 9.03. The number of imidazole rings is 1. The van der Waals surface area contributed by atoms with Crippen LogP contribution in [-0.2, 0) is 36.3 Å². The highest BCUT2D eigenvalue weighted by molar-refractivity contribution is 5.76. The van der Waals surface area contributed by atoms with Crippen LogP contribution in [-0.4, -0.2) is 50.1 Å². The maximum Gasteiger partial charge on any atom is 0.573 e. The molecule has 0 amide bonds. The van der Waals surface area contributed by atoms with Gasteiger partial charge in [-0.15, -0.1) is 19.1 Å². The highest BCUT2D eigenvalue weighted by atomic mass is 19.4. The minimum absolute atomic E-state index is 0.0692. The molecule has 14 heteroatoms. The number of benzene rings is 1. The van der Waals surface area contributed by atoms with E-state index in [2.05, 4.69) is 21.6 Å². The van der Waals surface area contributed by atoms with Crippen molar-refractivity contribution in [2.24, 2.45) is 12.8 Å². The number of aryl methyl sites for hydroxylation is 1. The van der Waals surface area contributed by atoms with E-state index >= 15 is 0 Å². The van der Waals surface area contributed by atoms with Gasteiger partial charge in [0.2, 0.25) is 5.95 Å². The summed E-state index contributed by atoms with van der Waals surface area (Å²) >= 11 is 0. The first kappa shape index (κ1) is 27.8. The number of nitrogens with two attached hydrogens (primary N) is 1. The Kier molecular flexibility index (Phi) is 8.01. The maximum absolute atomic E-state index is 13.5. The van der Waals surface area contributed by atoms with Crippen LogP contribution >= 0.6 is 0 Å². The number of hydrogen-bond donors (Lipinski definition) is 1. The van der Waals surface area contributed by atoms with Crippen molar-refractivity contribution < 1.29 is 27.4 Å². The summed E-state index contributed by atoms with van der Waals surface area (Å²) < 4.78 is 49.9. The third kappa shape index (κ3) is 6.26. The first-order chi connectivity index (χ1) is 18.5. The molecule has 1 saturated heterocycles. The summed E-state index contributed by atoms with van der Waals surface area (Å²) in [5, 5.41) is 0.